The number of carbonyl (C=O) groups is 2. The van der Waals surface area contributed by atoms with E-state index in [0.717, 1.165) is 0 Å². The predicted octanol–water partition coefficient (Wildman–Crippen LogP) is 0.894. The summed E-state index contributed by atoms with van der Waals surface area (Å²) in [5, 5.41) is 0. The van der Waals surface area contributed by atoms with E-state index in [9.17, 15) is 9.59 Å². The zero-order valence-corrected chi connectivity index (χ0v) is 11.3. The number of amides is 2. The lowest BCUT2D eigenvalue weighted by Crippen LogP contribution is -2.54. The van der Waals surface area contributed by atoms with Crippen molar-refractivity contribution in [2.24, 2.45) is 0 Å². The number of para-hydroxylation sites is 2. The Hall–Kier alpha value is -2.48. The third-order valence-electron chi connectivity index (χ3n) is 3.05. The molecule has 0 aromatic heterocycles. The fourth-order valence-electron chi connectivity index (χ4n) is 2.12. The minimum atomic E-state index is -0.571. The standard InChI is InChI=1S/C15H16N2O3/c1-3-9-16-10-11-17(15(19)14(16)18)12-7-5-6-8-13(12)20-4-2/h1,5-8H,4,9-11H2,2H3. The minimum absolute atomic E-state index is 0.158. The van der Waals surface area contributed by atoms with Gasteiger partial charge in [-0.2, -0.15) is 0 Å². The van der Waals surface area contributed by atoms with Crippen molar-refractivity contribution >= 4 is 17.5 Å². The van der Waals surface area contributed by atoms with Crippen LogP contribution in [0.15, 0.2) is 24.3 Å². The van der Waals surface area contributed by atoms with Gasteiger partial charge in [-0.15, -0.1) is 6.42 Å². The third kappa shape index (κ3) is 2.59. The van der Waals surface area contributed by atoms with E-state index in [2.05, 4.69) is 5.92 Å². The van der Waals surface area contributed by atoms with Crippen LogP contribution in [-0.4, -0.2) is 43.0 Å². The van der Waals surface area contributed by atoms with Gasteiger partial charge in [0.1, 0.15) is 5.75 Å². The van der Waals surface area contributed by atoms with Gasteiger partial charge in [0.15, 0.2) is 0 Å². The van der Waals surface area contributed by atoms with Crippen LogP contribution in [0.25, 0.3) is 0 Å². The number of rotatable bonds is 4. The lowest BCUT2D eigenvalue weighted by atomic mass is 10.2. The topological polar surface area (TPSA) is 49.9 Å². The molecular formula is C15H16N2O3. The van der Waals surface area contributed by atoms with Gasteiger partial charge in [0.2, 0.25) is 0 Å². The van der Waals surface area contributed by atoms with Crippen LogP contribution in [0.4, 0.5) is 5.69 Å². The van der Waals surface area contributed by atoms with Gasteiger partial charge >= 0.3 is 11.8 Å². The van der Waals surface area contributed by atoms with Gasteiger partial charge in [0.25, 0.3) is 0 Å². The van der Waals surface area contributed by atoms with E-state index >= 15 is 0 Å². The first-order chi connectivity index (χ1) is 9.69. The Morgan fingerprint density at radius 2 is 2.00 bits per heavy atom. The second kappa shape index (κ2) is 6.11. The lowest BCUT2D eigenvalue weighted by molar-refractivity contribution is -0.145. The molecule has 1 aliphatic heterocycles. The number of piperazine rings is 1. The summed E-state index contributed by atoms with van der Waals surface area (Å²) >= 11 is 0. The fourth-order valence-corrected chi connectivity index (χ4v) is 2.12. The molecule has 0 bridgehead atoms. The molecule has 1 aromatic carbocycles. The largest absolute Gasteiger partial charge is 0.492 e. The molecule has 0 radical (unpaired) electrons. The molecule has 20 heavy (non-hydrogen) atoms. The van der Waals surface area contributed by atoms with Crippen LogP contribution in [0.2, 0.25) is 0 Å². The average molecular weight is 272 g/mol. The van der Waals surface area contributed by atoms with E-state index in [4.69, 9.17) is 11.2 Å². The molecule has 0 unspecified atom stereocenters. The Morgan fingerprint density at radius 1 is 1.25 bits per heavy atom. The second-order valence-electron chi connectivity index (χ2n) is 4.29. The Morgan fingerprint density at radius 3 is 2.70 bits per heavy atom. The molecule has 0 spiro atoms. The molecule has 0 atom stereocenters. The number of nitrogens with zero attached hydrogens (tertiary/aromatic N) is 2. The highest BCUT2D eigenvalue weighted by Gasteiger charge is 2.33. The number of hydrogen-bond donors (Lipinski definition) is 0. The predicted molar refractivity (Wildman–Crippen MR) is 75.4 cm³/mol. The molecule has 1 fully saturated rings. The number of terminal acetylenes is 1. The van der Waals surface area contributed by atoms with Gasteiger partial charge < -0.3 is 9.64 Å². The molecule has 0 N–H and O–H groups in total. The highest BCUT2D eigenvalue weighted by atomic mass is 16.5. The lowest BCUT2D eigenvalue weighted by Gasteiger charge is -2.33. The van der Waals surface area contributed by atoms with Crippen molar-refractivity contribution in [3.8, 4) is 18.1 Å². The Kier molecular flexibility index (Phi) is 4.26. The van der Waals surface area contributed by atoms with E-state index in [1.807, 2.05) is 19.1 Å². The van der Waals surface area contributed by atoms with E-state index in [-0.39, 0.29) is 6.54 Å². The van der Waals surface area contributed by atoms with E-state index < -0.39 is 11.8 Å². The van der Waals surface area contributed by atoms with Crippen molar-refractivity contribution in [1.29, 1.82) is 0 Å². The Balaban J connectivity index is 2.25. The smallest absolute Gasteiger partial charge is 0.316 e. The number of hydrogen-bond acceptors (Lipinski definition) is 3. The summed E-state index contributed by atoms with van der Waals surface area (Å²) in [7, 11) is 0. The SMILES string of the molecule is C#CCN1CCN(c2ccccc2OCC)C(=O)C1=O. The second-order valence-corrected chi connectivity index (χ2v) is 4.29. The van der Waals surface area contributed by atoms with Crippen LogP contribution in [0.1, 0.15) is 6.92 Å². The van der Waals surface area contributed by atoms with Crippen LogP contribution < -0.4 is 9.64 Å². The quantitative estimate of drug-likeness (QED) is 0.604. The molecular weight excluding hydrogens is 256 g/mol. The van der Waals surface area contributed by atoms with Gasteiger partial charge in [-0.05, 0) is 19.1 Å². The third-order valence-corrected chi connectivity index (χ3v) is 3.05. The highest BCUT2D eigenvalue weighted by Crippen LogP contribution is 2.29. The molecule has 0 saturated carbocycles. The van der Waals surface area contributed by atoms with E-state index in [0.29, 0.717) is 31.1 Å². The van der Waals surface area contributed by atoms with Crippen molar-refractivity contribution < 1.29 is 14.3 Å². The molecule has 0 aliphatic carbocycles. The molecule has 1 aromatic rings. The van der Waals surface area contributed by atoms with Gasteiger partial charge in [-0.1, -0.05) is 18.1 Å². The first-order valence-electron chi connectivity index (χ1n) is 6.45. The summed E-state index contributed by atoms with van der Waals surface area (Å²) in [5.41, 5.74) is 0.619. The van der Waals surface area contributed by atoms with Crippen molar-refractivity contribution in [3.05, 3.63) is 24.3 Å². The summed E-state index contributed by atoms with van der Waals surface area (Å²) in [5.74, 6) is 1.84. The van der Waals surface area contributed by atoms with Crippen LogP contribution in [-0.2, 0) is 9.59 Å². The summed E-state index contributed by atoms with van der Waals surface area (Å²) in [6.45, 7) is 3.36. The average Bonchev–Trinajstić information content (AvgIpc) is 2.46. The maximum Gasteiger partial charge on any atom is 0.316 e. The maximum atomic E-state index is 12.2. The summed E-state index contributed by atoms with van der Waals surface area (Å²) in [6, 6.07) is 7.19. The monoisotopic (exact) mass is 272 g/mol. The number of carbonyl (C=O) groups excluding carboxylic acids is 2. The first kappa shape index (κ1) is 13.9. The maximum absolute atomic E-state index is 12.2. The fraction of sp³-hybridized carbons (Fsp3) is 0.333. The van der Waals surface area contributed by atoms with Crippen molar-refractivity contribution in [2.75, 3.05) is 31.1 Å². The molecule has 1 saturated heterocycles. The van der Waals surface area contributed by atoms with Gasteiger partial charge in [0.05, 0.1) is 18.8 Å². The zero-order chi connectivity index (χ0) is 14.5. The van der Waals surface area contributed by atoms with E-state index in [1.54, 1.807) is 12.1 Å². The highest BCUT2D eigenvalue weighted by molar-refractivity contribution is 6.41. The molecule has 1 heterocycles. The van der Waals surface area contributed by atoms with Crippen molar-refractivity contribution in [1.82, 2.24) is 4.90 Å². The van der Waals surface area contributed by atoms with Gasteiger partial charge in [-0.25, -0.2) is 0 Å². The Labute approximate surface area is 118 Å². The summed E-state index contributed by atoms with van der Waals surface area (Å²) < 4.78 is 5.50. The molecule has 1 aliphatic rings. The number of benzene rings is 1. The van der Waals surface area contributed by atoms with Crippen LogP contribution >= 0.6 is 0 Å². The van der Waals surface area contributed by atoms with Crippen LogP contribution in [0.5, 0.6) is 5.75 Å². The van der Waals surface area contributed by atoms with Gasteiger partial charge in [0, 0.05) is 13.1 Å². The summed E-state index contributed by atoms with van der Waals surface area (Å²) in [6.07, 6.45) is 5.19. The minimum Gasteiger partial charge on any atom is -0.492 e. The number of anilines is 1. The molecule has 104 valence electrons. The summed E-state index contributed by atoms with van der Waals surface area (Å²) in [4.78, 5) is 27.0. The van der Waals surface area contributed by atoms with Gasteiger partial charge in [-0.3, -0.25) is 14.5 Å². The first-order valence-corrected chi connectivity index (χ1v) is 6.45. The molecule has 5 heteroatoms. The number of ether oxygens (including phenoxy) is 1. The van der Waals surface area contributed by atoms with Crippen LogP contribution in [0.3, 0.4) is 0 Å². The van der Waals surface area contributed by atoms with Crippen molar-refractivity contribution in [3.63, 3.8) is 0 Å². The normalized spacial score (nSPS) is 15.2. The zero-order valence-electron chi connectivity index (χ0n) is 11.3. The van der Waals surface area contributed by atoms with Crippen LogP contribution in [0, 0.1) is 12.3 Å². The molecule has 2 amide bonds. The van der Waals surface area contributed by atoms with Crippen molar-refractivity contribution in [2.45, 2.75) is 6.92 Å². The van der Waals surface area contributed by atoms with E-state index in [1.165, 1.54) is 9.80 Å². The molecule has 2 rings (SSSR count). The Bertz CT molecular complexity index is 562. The molecule has 5 nitrogen and oxygen atoms in total.